The second kappa shape index (κ2) is 6.42. The molecule has 1 aliphatic heterocycles. The summed E-state index contributed by atoms with van der Waals surface area (Å²) in [6.07, 6.45) is 5.51. The van der Waals surface area contributed by atoms with Gasteiger partial charge < -0.3 is 9.73 Å². The Morgan fingerprint density at radius 2 is 2.11 bits per heavy atom. The molecule has 1 aliphatic rings. The Morgan fingerprint density at radius 1 is 1.42 bits per heavy atom. The van der Waals surface area contributed by atoms with E-state index in [4.69, 9.17) is 4.42 Å². The van der Waals surface area contributed by atoms with Crippen molar-refractivity contribution in [2.24, 2.45) is 0 Å². The van der Waals surface area contributed by atoms with E-state index in [1.54, 1.807) is 6.26 Å². The molecule has 0 aromatic carbocycles. The highest BCUT2D eigenvalue weighted by molar-refractivity contribution is 9.10. The van der Waals surface area contributed by atoms with Crippen LogP contribution in [0.5, 0.6) is 0 Å². The van der Waals surface area contributed by atoms with Gasteiger partial charge in [0.2, 0.25) is 0 Å². The van der Waals surface area contributed by atoms with Gasteiger partial charge in [-0.05, 0) is 74.7 Å². The molecule has 0 saturated carbocycles. The summed E-state index contributed by atoms with van der Waals surface area (Å²) < 4.78 is 6.80. The molecule has 1 saturated heterocycles. The van der Waals surface area contributed by atoms with Gasteiger partial charge in [0.25, 0.3) is 0 Å². The first-order chi connectivity index (χ1) is 9.07. The van der Waals surface area contributed by atoms with Crippen molar-refractivity contribution in [2.75, 3.05) is 19.6 Å². The van der Waals surface area contributed by atoms with Crippen molar-refractivity contribution in [1.29, 1.82) is 0 Å². The predicted octanol–water partition coefficient (Wildman–Crippen LogP) is 3.96. The Balaban J connectivity index is 2.23. The van der Waals surface area contributed by atoms with Gasteiger partial charge in [-0.3, -0.25) is 4.90 Å². The number of nitrogens with one attached hydrogen (secondary N) is 1. The molecule has 1 atom stereocenters. The van der Waals surface area contributed by atoms with E-state index in [9.17, 15) is 0 Å². The molecule has 1 unspecified atom stereocenters. The zero-order valence-electron chi connectivity index (χ0n) is 12.2. The summed E-state index contributed by atoms with van der Waals surface area (Å²) in [7, 11) is 0. The fourth-order valence-electron chi connectivity index (χ4n) is 2.94. The van der Waals surface area contributed by atoms with E-state index >= 15 is 0 Å². The molecule has 1 N–H and O–H groups in total. The Hall–Kier alpha value is -0.320. The number of rotatable bonds is 6. The predicted molar refractivity (Wildman–Crippen MR) is 82.3 cm³/mol. The molecule has 1 fully saturated rings. The molecular formula is C15H25BrN2O. The summed E-state index contributed by atoms with van der Waals surface area (Å²) in [5.41, 5.74) is 0.0616. The summed E-state index contributed by atoms with van der Waals surface area (Å²) in [6.45, 7) is 10.2. The van der Waals surface area contributed by atoms with E-state index in [1.165, 1.54) is 25.9 Å². The summed E-state index contributed by atoms with van der Waals surface area (Å²) in [6, 6.07) is 2.20. The van der Waals surface area contributed by atoms with Crippen LogP contribution in [0.4, 0.5) is 0 Å². The molecule has 4 heteroatoms. The van der Waals surface area contributed by atoms with E-state index in [-0.39, 0.29) is 11.6 Å². The zero-order valence-corrected chi connectivity index (χ0v) is 13.8. The van der Waals surface area contributed by atoms with Gasteiger partial charge in [0.05, 0.1) is 16.8 Å². The van der Waals surface area contributed by atoms with E-state index in [2.05, 4.69) is 46.9 Å². The van der Waals surface area contributed by atoms with Crippen LogP contribution in [0.3, 0.4) is 0 Å². The van der Waals surface area contributed by atoms with Crippen molar-refractivity contribution in [1.82, 2.24) is 10.2 Å². The van der Waals surface area contributed by atoms with Crippen LogP contribution in [0.15, 0.2) is 21.2 Å². The largest absolute Gasteiger partial charge is 0.466 e. The average Bonchev–Trinajstić information content (AvgIpc) is 3.01. The van der Waals surface area contributed by atoms with Crippen LogP contribution in [0.25, 0.3) is 0 Å². The number of hydrogen-bond donors (Lipinski definition) is 1. The van der Waals surface area contributed by atoms with Crippen LogP contribution in [0.2, 0.25) is 0 Å². The molecule has 19 heavy (non-hydrogen) atoms. The Kier molecular flexibility index (Phi) is 5.09. The van der Waals surface area contributed by atoms with Crippen LogP contribution in [0, 0.1) is 0 Å². The minimum Gasteiger partial charge on any atom is -0.466 e. The maximum Gasteiger partial charge on any atom is 0.136 e. The molecule has 0 aliphatic carbocycles. The fraction of sp³-hybridized carbons (Fsp3) is 0.733. The summed E-state index contributed by atoms with van der Waals surface area (Å²) in [5.74, 6) is 1.02. The van der Waals surface area contributed by atoms with Gasteiger partial charge in [-0.1, -0.05) is 6.92 Å². The molecule has 0 bridgehead atoms. The highest BCUT2D eigenvalue weighted by Gasteiger charge is 2.39. The SMILES string of the molecule is CCCNC(c1occc1Br)C(C)(C)N1CCCC1. The van der Waals surface area contributed by atoms with E-state index < -0.39 is 0 Å². The van der Waals surface area contributed by atoms with Crippen molar-refractivity contribution in [3.63, 3.8) is 0 Å². The highest BCUT2D eigenvalue weighted by atomic mass is 79.9. The summed E-state index contributed by atoms with van der Waals surface area (Å²) in [5, 5.41) is 3.66. The van der Waals surface area contributed by atoms with Crippen LogP contribution >= 0.6 is 15.9 Å². The molecule has 108 valence electrons. The average molecular weight is 329 g/mol. The van der Waals surface area contributed by atoms with Crippen molar-refractivity contribution in [3.05, 3.63) is 22.6 Å². The molecule has 0 amide bonds. The first-order valence-electron chi connectivity index (χ1n) is 7.28. The maximum absolute atomic E-state index is 5.73. The quantitative estimate of drug-likeness (QED) is 0.856. The lowest BCUT2D eigenvalue weighted by Crippen LogP contribution is -2.51. The Morgan fingerprint density at radius 3 is 2.63 bits per heavy atom. The van der Waals surface area contributed by atoms with Crippen molar-refractivity contribution in [3.8, 4) is 0 Å². The van der Waals surface area contributed by atoms with Gasteiger partial charge in [0.15, 0.2) is 0 Å². The lowest BCUT2D eigenvalue weighted by molar-refractivity contribution is 0.0957. The van der Waals surface area contributed by atoms with Gasteiger partial charge in [-0.15, -0.1) is 0 Å². The molecule has 0 radical (unpaired) electrons. The normalized spacial score (nSPS) is 18.9. The monoisotopic (exact) mass is 328 g/mol. The smallest absolute Gasteiger partial charge is 0.136 e. The third-order valence-electron chi connectivity index (χ3n) is 4.13. The lowest BCUT2D eigenvalue weighted by Gasteiger charge is -2.41. The number of hydrogen-bond acceptors (Lipinski definition) is 3. The minimum absolute atomic E-state index is 0.0616. The summed E-state index contributed by atoms with van der Waals surface area (Å²) >= 11 is 3.61. The van der Waals surface area contributed by atoms with Crippen LogP contribution < -0.4 is 5.32 Å². The second-order valence-corrected chi connectivity index (χ2v) is 6.72. The molecule has 1 aromatic heterocycles. The van der Waals surface area contributed by atoms with E-state index in [0.717, 1.165) is 23.2 Å². The molecule has 2 heterocycles. The lowest BCUT2D eigenvalue weighted by atomic mass is 9.90. The highest BCUT2D eigenvalue weighted by Crippen LogP contribution is 2.37. The van der Waals surface area contributed by atoms with Crippen molar-refractivity contribution < 1.29 is 4.42 Å². The van der Waals surface area contributed by atoms with Gasteiger partial charge in [-0.2, -0.15) is 0 Å². The van der Waals surface area contributed by atoms with E-state index in [0.29, 0.717) is 0 Å². The molecule has 3 nitrogen and oxygen atoms in total. The molecule has 0 spiro atoms. The topological polar surface area (TPSA) is 28.4 Å². The van der Waals surface area contributed by atoms with Gasteiger partial charge >= 0.3 is 0 Å². The van der Waals surface area contributed by atoms with Crippen LogP contribution in [-0.4, -0.2) is 30.1 Å². The Bertz CT molecular complexity index is 397. The molecular weight excluding hydrogens is 304 g/mol. The third-order valence-corrected chi connectivity index (χ3v) is 4.79. The number of likely N-dealkylation sites (tertiary alicyclic amines) is 1. The van der Waals surface area contributed by atoms with Crippen molar-refractivity contribution in [2.45, 2.75) is 51.6 Å². The third kappa shape index (κ3) is 3.23. The maximum atomic E-state index is 5.73. The first-order valence-corrected chi connectivity index (χ1v) is 8.08. The zero-order chi connectivity index (χ0) is 13.9. The van der Waals surface area contributed by atoms with Crippen molar-refractivity contribution >= 4 is 15.9 Å². The van der Waals surface area contributed by atoms with Crippen LogP contribution in [-0.2, 0) is 0 Å². The standard InChI is InChI=1S/C15H25BrN2O/c1-4-8-17-14(13-12(16)7-11-19-13)15(2,3)18-9-5-6-10-18/h7,11,14,17H,4-6,8-10H2,1-3H3. The molecule has 1 aromatic rings. The summed E-state index contributed by atoms with van der Waals surface area (Å²) in [4.78, 5) is 2.58. The number of nitrogens with zero attached hydrogens (tertiary/aromatic N) is 1. The minimum atomic E-state index is 0.0616. The second-order valence-electron chi connectivity index (χ2n) is 5.87. The first kappa shape index (κ1) is 15.1. The van der Waals surface area contributed by atoms with Gasteiger partial charge in [0, 0.05) is 5.54 Å². The van der Waals surface area contributed by atoms with Gasteiger partial charge in [0.1, 0.15) is 5.76 Å². The van der Waals surface area contributed by atoms with Crippen LogP contribution in [0.1, 0.15) is 51.8 Å². The van der Waals surface area contributed by atoms with Gasteiger partial charge in [-0.25, -0.2) is 0 Å². The number of furan rings is 1. The van der Waals surface area contributed by atoms with E-state index in [1.807, 2.05) is 6.07 Å². The molecule has 2 rings (SSSR count). The number of halogens is 1. The fourth-order valence-corrected chi connectivity index (χ4v) is 3.37. The Labute approximate surface area is 124 Å².